The number of carbonyl (C=O) groups excluding carboxylic acids is 1. The van der Waals surface area contributed by atoms with Crippen molar-refractivity contribution in [3.63, 3.8) is 0 Å². The van der Waals surface area contributed by atoms with Crippen molar-refractivity contribution in [2.24, 2.45) is 5.73 Å². The molecule has 0 atom stereocenters. The van der Waals surface area contributed by atoms with E-state index < -0.39 is 34.9 Å². The minimum absolute atomic E-state index is 0.287. The molecule has 0 heterocycles. The van der Waals surface area contributed by atoms with Gasteiger partial charge in [-0.2, -0.15) is 0 Å². The molecule has 0 spiro atoms. The van der Waals surface area contributed by atoms with Gasteiger partial charge in [0.1, 0.15) is 0 Å². The first-order valence-electron chi connectivity index (χ1n) is 12.5. The van der Waals surface area contributed by atoms with E-state index in [1.165, 1.54) is 0 Å². The fourth-order valence-electron chi connectivity index (χ4n) is 2.98. The lowest BCUT2D eigenvalue weighted by atomic mass is 10.2. The van der Waals surface area contributed by atoms with Gasteiger partial charge >= 0.3 is 24.1 Å². The largest absolute Gasteiger partial charge is 0.502 e. The Balaban J connectivity index is 0. The highest BCUT2D eigenvalue weighted by atomic mass is 28.4. The van der Waals surface area contributed by atoms with Crippen LogP contribution in [-0.2, 0) is 31.7 Å². The highest BCUT2D eigenvalue weighted by Crippen LogP contribution is 2.32. The summed E-state index contributed by atoms with van der Waals surface area (Å²) >= 11 is 0. The molecule has 0 saturated heterocycles. The van der Waals surface area contributed by atoms with Gasteiger partial charge in [0.15, 0.2) is 0 Å². The van der Waals surface area contributed by atoms with Crippen LogP contribution in [0, 0.1) is 0 Å². The number of hydrogen-bond acceptors (Lipinski definition) is 8. The first-order valence-corrected chi connectivity index (χ1v) is 16.2. The van der Waals surface area contributed by atoms with E-state index >= 15 is 0 Å². The van der Waals surface area contributed by atoms with Gasteiger partial charge in [-0.15, -0.1) is 0 Å². The SMILES string of the molecule is C=C(C)C(=O)OCCC[Si](OC(C)(C)C)(OC(C)(C)C)OC(C)(C)C.CO[SiH](CCCCN)OC. The molecule has 0 saturated carbocycles. The van der Waals surface area contributed by atoms with Gasteiger partial charge in [0.25, 0.3) is 0 Å². The molecule has 0 amide bonds. The Labute approximate surface area is 218 Å². The maximum Gasteiger partial charge on any atom is 0.502 e. The highest BCUT2D eigenvalue weighted by molar-refractivity contribution is 6.61. The van der Waals surface area contributed by atoms with Crippen molar-refractivity contribution in [1.82, 2.24) is 0 Å². The lowest BCUT2D eigenvalue weighted by molar-refractivity contribution is -0.139. The highest BCUT2D eigenvalue weighted by Gasteiger charge is 2.49. The Hall–Kier alpha value is -0.596. The second kappa shape index (κ2) is 17.0. The van der Waals surface area contributed by atoms with Gasteiger partial charge in [0.2, 0.25) is 0 Å². The average molecular weight is 538 g/mol. The van der Waals surface area contributed by atoms with Gasteiger partial charge in [-0.25, -0.2) is 4.79 Å². The van der Waals surface area contributed by atoms with Gasteiger partial charge in [0.05, 0.1) is 23.4 Å². The molecular weight excluding hydrogens is 482 g/mol. The van der Waals surface area contributed by atoms with E-state index in [-0.39, 0.29) is 12.6 Å². The number of ether oxygens (including phenoxy) is 1. The zero-order valence-corrected chi connectivity index (χ0v) is 26.8. The predicted molar refractivity (Wildman–Crippen MR) is 148 cm³/mol. The molecule has 2 N–H and O–H groups in total. The first kappa shape index (κ1) is 36.6. The fourth-order valence-corrected chi connectivity index (χ4v) is 8.07. The van der Waals surface area contributed by atoms with Crippen LogP contribution in [0.1, 0.15) is 88.5 Å². The molecule has 0 bridgehead atoms. The number of nitrogens with two attached hydrogens (primary N) is 1. The molecule has 0 rings (SSSR count). The van der Waals surface area contributed by atoms with Crippen LogP contribution in [0.2, 0.25) is 12.1 Å². The zero-order chi connectivity index (χ0) is 27.9. The molecule has 0 unspecified atom stereocenters. The monoisotopic (exact) mass is 537 g/mol. The topological polar surface area (TPSA) is 98.5 Å². The maximum atomic E-state index is 11.5. The summed E-state index contributed by atoms with van der Waals surface area (Å²) < 4.78 is 34.6. The third-order valence-corrected chi connectivity index (χ3v) is 9.68. The van der Waals surface area contributed by atoms with Crippen molar-refractivity contribution < 1.29 is 31.7 Å². The Morgan fingerprint density at radius 1 is 0.829 bits per heavy atom. The molecule has 0 aliphatic carbocycles. The Bertz CT molecular complexity index is 551. The summed E-state index contributed by atoms with van der Waals surface area (Å²) in [4.78, 5) is 11.5. The summed E-state index contributed by atoms with van der Waals surface area (Å²) in [5, 5.41) is 0. The van der Waals surface area contributed by atoms with Gasteiger partial charge in [-0.3, -0.25) is 0 Å². The molecule has 35 heavy (non-hydrogen) atoms. The zero-order valence-electron chi connectivity index (χ0n) is 24.7. The molecule has 0 aliphatic rings. The second-order valence-electron chi connectivity index (χ2n) is 11.5. The normalized spacial score (nSPS) is 12.9. The van der Waals surface area contributed by atoms with Crippen LogP contribution in [0.5, 0.6) is 0 Å². The van der Waals surface area contributed by atoms with Crippen molar-refractivity contribution >= 4 is 24.1 Å². The molecule has 0 radical (unpaired) electrons. The maximum absolute atomic E-state index is 11.5. The van der Waals surface area contributed by atoms with E-state index in [1.54, 1.807) is 21.1 Å². The number of unbranched alkanes of at least 4 members (excludes halogenated alkanes) is 1. The molecular formula is C25H55NO7Si2. The van der Waals surface area contributed by atoms with Gasteiger partial charge in [-0.05, 0) is 94.7 Å². The summed E-state index contributed by atoms with van der Waals surface area (Å²) in [7, 11) is -0.872. The Morgan fingerprint density at radius 2 is 1.26 bits per heavy atom. The number of rotatable bonds is 14. The predicted octanol–water partition coefficient (Wildman–Crippen LogP) is 5.12. The van der Waals surface area contributed by atoms with E-state index in [2.05, 4.69) is 6.58 Å². The molecule has 10 heteroatoms. The van der Waals surface area contributed by atoms with Crippen LogP contribution in [0.3, 0.4) is 0 Å². The van der Waals surface area contributed by atoms with E-state index in [0.717, 1.165) is 25.4 Å². The number of carbonyl (C=O) groups is 1. The standard InChI is InChI=1S/C19H38O5Si.C6H17NO2Si/c1-15(2)16(20)21-13-12-14-25(22-17(3,4)5,23-18(6,7)8)24-19(9,10)11;1-8-10(9-2)6-4-3-5-7/h1,12-14H2,2-11H3;10H,3-7H2,1-2H3. The van der Waals surface area contributed by atoms with Crippen LogP contribution < -0.4 is 5.73 Å². The van der Waals surface area contributed by atoms with Gasteiger partial charge in [0, 0.05) is 25.8 Å². The molecule has 0 aliphatic heterocycles. The molecule has 0 aromatic carbocycles. The van der Waals surface area contributed by atoms with Crippen LogP contribution >= 0.6 is 0 Å². The number of hydrogen-bond donors (Lipinski definition) is 1. The van der Waals surface area contributed by atoms with Gasteiger partial charge in [-0.1, -0.05) is 13.0 Å². The van der Waals surface area contributed by atoms with E-state index in [1.807, 2.05) is 62.3 Å². The first-order chi connectivity index (χ1) is 15.8. The summed E-state index contributed by atoms with van der Waals surface area (Å²) in [5.41, 5.74) is 4.51. The van der Waals surface area contributed by atoms with Crippen molar-refractivity contribution in [1.29, 1.82) is 0 Å². The van der Waals surface area contributed by atoms with Crippen LogP contribution in [0.15, 0.2) is 12.2 Å². The van der Waals surface area contributed by atoms with E-state index in [9.17, 15) is 4.79 Å². The summed E-state index contributed by atoms with van der Waals surface area (Å²) in [6.45, 7) is 24.2. The Morgan fingerprint density at radius 3 is 1.57 bits per heavy atom. The molecule has 8 nitrogen and oxygen atoms in total. The van der Waals surface area contributed by atoms with E-state index in [0.29, 0.717) is 18.0 Å². The lowest BCUT2D eigenvalue weighted by Gasteiger charge is -2.43. The summed E-state index contributed by atoms with van der Waals surface area (Å²) in [6, 6.07) is 1.65. The van der Waals surface area contributed by atoms with Gasteiger partial charge < -0.3 is 32.6 Å². The third kappa shape index (κ3) is 22.3. The summed E-state index contributed by atoms with van der Waals surface area (Å²) in [5.74, 6) is -0.377. The number of esters is 1. The molecule has 0 aromatic rings. The third-order valence-electron chi connectivity index (χ3n) is 4.01. The fraction of sp³-hybridized carbons (Fsp3) is 0.880. The van der Waals surface area contributed by atoms with Crippen molar-refractivity contribution in [3.8, 4) is 0 Å². The molecule has 0 fully saturated rings. The molecule has 0 aromatic heterocycles. The van der Waals surface area contributed by atoms with Crippen molar-refractivity contribution in [3.05, 3.63) is 12.2 Å². The summed E-state index contributed by atoms with van der Waals surface area (Å²) in [6.07, 6.45) is 2.82. The van der Waals surface area contributed by atoms with Crippen LogP contribution in [-0.4, -0.2) is 68.2 Å². The smallest absolute Gasteiger partial charge is 0.462 e. The minimum Gasteiger partial charge on any atom is -0.462 e. The average Bonchev–Trinajstić information content (AvgIpc) is 2.64. The van der Waals surface area contributed by atoms with Crippen molar-refractivity contribution in [2.75, 3.05) is 27.4 Å². The Kier molecular flexibility index (Phi) is 17.8. The van der Waals surface area contributed by atoms with Crippen LogP contribution in [0.25, 0.3) is 0 Å². The van der Waals surface area contributed by atoms with E-state index in [4.69, 9.17) is 32.6 Å². The van der Waals surface area contributed by atoms with Crippen molar-refractivity contribution in [2.45, 2.75) is 117 Å². The quantitative estimate of drug-likeness (QED) is 0.141. The lowest BCUT2D eigenvalue weighted by Crippen LogP contribution is -2.57. The molecule has 210 valence electrons. The van der Waals surface area contributed by atoms with Crippen LogP contribution in [0.4, 0.5) is 0 Å². The second-order valence-corrected chi connectivity index (χ2v) is 16.4. The minimum atomic E-state index is -3.01.